The van der Waals surface area contributed by atoms with Gasteiger partial charge in [-0.05, 0) is 38.0 Å². The van der Waals surface area contributed by atoms with E-state index in [0.717, 1.165) is 16.8 Å². The monoisotopic (exact) mass is 337 g/mol. The molecule has 0 aliphatic rings. The summed E-state index contributed by atoms with van der Waals surface area (Å²) in [6, 6.07) is 14.6. The first-order valence-corrected chi connectivity index (χ1v) is 8.37. The van der Waals surface area contributed by atoms with Crippen LogP contribution in [0.3, 0.4) is 0 Å². The summed E-state index contributed by atoms with van der Waals surface area (Å²) >= 11 is 0. The van der Waals surface area contributed by atoms with E-state index in [1.165, 1.54) is 0 Å². The van der Waals surface area contributed by atoms with E-state index in [4.69, 9.17) is 0 Å². The van der Waals surface area contributed by atoms with Crippen molar-refractivity contribution in [3.05, 3.63) is 65.2 Å². The first-order chi connectivity index (χ1) is 11.9. The van der Waals surface area contributed by atoms with Gasteiger partial charge in [-0.15, -0.1) is 0 Å². The fourth-order valence-electron chi connectivity index (χ4n) is 2.54. The molecule has 2 aromatic rings. The Bertz CT molecular complexity index is 781. The van der Waals surface area contributed by atoms with Crippen molar-refractivity contribution in [2.24, 2.45) is 5.92 Å². The van der Waals surface area contributed by atoms with Gasteiger partial charge in [0, 0.05) is 24.1 Å². The Labute approximate surface area is 148 Å². The van der Waals surface area contributed by atoms with Crippen molar-refractivity contribution in [1.82, 2.24) is 0 Å². The molecule has 0 aliphatic heterocycles. The van der Waals surface area contributed by atoms with Gasteiger partial charge in [-0.1, -0.05) is 42.5 Å². The van der Waals surface area contributed by atoms with Crippen LogP contribution in [0.15, 0.2) is 48.5 Å². The molecule has 0 saturated heterocycles. The van der Waals surface area contributed by atoms with Crippen molar-refractivity contribution in [3.63, 3.8) is 0 Å². The third-order valence-corrected chi connectivity index (χ3v) is 4.20. The van der Waals surface area contributed by atoms with Gasteiger partial charge in [0.15, 0.2) is 5.78 Å². The first-order valence-electron chi connectivity index (χ1n) is 8.37. The lowest BCUT2D eigenvalue weighted by Gasteiger charge is -2.11. The van der Waals surface area contributed by atoms with E-state index in [0.29, 0.717) is 5.56 Å². The third kappa shape index (κ3) is 5.11. The predicted molar refractivity (Wildman–Crippen MR) is 98.7 cm³/mol. The van der Waals surface area contributed by atoms with Crippen molar-refractivity contribution in [2.45, 2.75) is 33.6 Å². The number of rotatable bonds is 7. The van der Waals surface area contributed by atoms with E-state index in [1.54, 1.807) is 31.2 Å². The van der Waals surface area contributed by atoms with Gasteiger partial charge in [-0.2, -0.15) is 0 Å². The maximum atomic E-state index is 12.3. The van der Waals surface area contributed by atoms with Gasteiger partial charge in [-0.25, -0.2) is 0 Å². The molecule has 1 N–H and O–H groups in total. The van der Waals surface area contributed by atoms with Crippen LogP contribution in [0.25, 0.3) is 0 Å². The van der Waals surface area contributed by atoms with Crippen LogP contribution in [-0.4, -0.2) is 17.5 Å². The zero-order valence-electron chi connectivity index (χ0n) is 14.8. The lowest BCUT2D eigenvalue weighted by Crippen LogP contribution is -2.23. The number of aryl methyl sites for hydroxylation is 2. The summed E-state index contributed by atoms with van der Waals surface area (Å²) in [5.74, 6) is -1.39. The predicted octanol–water partition coefficient (Wildman–Crippen LogP) is 4.11. The molecule has 0 bridgehead atoms. The number of ketones is 2. The Hall–Kier alpha value is -2.75. The van der Waals surface area contributed by atoms with E-state index in [1.807, 2.05) is 38.1 Å². The van der Waals surface area contributed by atoms with E-state index >= 15 is 0 Å². The fraction of sp³-hybridized carbons (Fsp3) is 0.286. The van der Waals surface area contributed by atoms with Gasteiger partial charge >= 0.3 is 0 Å². The van der Waals surface area contributed by atoms with Crippen LogP contribution in [0, 0.1) is 19.8 Å². The molecule has 0 radical (unpaired) electrons. The van der Waals surface area contributed by atoms with E-state index in [2.05, 4.69) is 5.32 Å². The van der Waals surface area contributed by atoms with Crippen molar-refractivity contribution in [1.29, 1.82) is 0 Å². The van der Waals surface area contributed by atoms with Gasteiger partial charge in [0.2, 0.25) is 5.91 Å². The van der Waals surface area contributed by atoms with Gasteiger partial charge in [-0.3, -0.25) is 14.4 Å². The summed E-state index contributed by atoms with van der Waals surface area (Å²) in [5, 5.41) is 2.83. The van der Waals surface area contributed by atoms with Crippen molar-refractivity contribution in [2.75, 3.05) is 5.32 Å². The molecule has 0 saturated carbocycles. The third-order valence-electron chi connectivity index (χ3n) is 4.20. The van der Waals surface area contributed by atoms with Crippen molar-refractivity contribution in [3.8, 4) is 0 Å². The lowest BCUT2D eigenvalue weighted by atomic mass is 9.93. The highest BCUT2D eigenvalue weighted by Crippen LogP contribution is 2.17. The van der Waals surface area contributed by atoms with Crippen LogP contribution in [0.1, 0.15) is 41.3 Å². The highest BCUT2D eigenvalue weighted by molar-refractivity contribution is 6.11. The molecular weight excluding hydrogens is 314 g/mol. The Morgan fingerprint density at radius 1 is 0.960 bits per heavy atom. The average Bonchev–Trinajstić information content (AvgIpc) is 2.62. The second-order valence-corrected chi connectivity index (χ2v) is 6.28. The topological polar surface area (TPSA) is 63.2 Å². The van der Waals surface area contributed by atoms with Gasteiger partial charge < -0.3 is 5.32 Å². The standard InChI is InChI=1S/C21H23NO3/c1-14-9-10-15(2)18(13-14)22-20(24)12-11-19(23)16(3)21(25)17-7-5-4-6-8-17/h4-10,13,16H,11-12H2,1-3H3,(H,22,24). The molecular formula is C21H23NO3. The van der Waals surface area contributed by atoms with Crippen LogP contribution in [0.2, 0.25) is 0 Å². The van der Waals surface area contributed by atoms with Gasteiger partial charge in [0.1, 0.15) is 5.78 Å². The number of hydrogen-bond acceptors (Lipinski definition) is 3. The minimum absolute atomic E-state index is 0.0520. The molecule has 0 fully saturated rings. The van der Waals surface area contributed by atoms with Crippen LogP contribution in [-0.2, 0) is 9.59 Å². The van der Waals surface area contributed by atoms with Gasteiger partial charge in [0.25, 0.3) is 0 Å². The molecule has 4 nitrogen and oxygen atoms in total. The van der Waals surface area contributed by atoms with Crippen LogP contribution < -0.4 is 5.32 Å². The summed E-state index contributed by atoms with van der Waals surface area (Å²) in [6.07, 6.45) is 0.120. The first kappa shape index (κ1) is 18.6. The normalized spacial score (nSPS) is 11.6. The highest BCUT2D eigenvalue weighted by Gasteiger charge is 2.22. The lowest BCUT2D eigenvalue weighted by molar-refractivity contribution is -0.124. The average molecular weight is 337 g/mol. The number of hydrogen-bond donors (Lipinski definition) is 1. The Morgan fingerprint density at radius 2 is 1.64 bits per heavy atom. The number of amides is 1. The Morgan fingerprint density at radius 3 is 2.32 bits per heavy atom. The summed E-state index contributed by atoms with van der Waals surface area (Å²) < 4.78 is 0. The quantitative estimate of drug-likeness (QED) is 0.611. The highest BCUT2D eigenvalue weighted by atomic mass is 16.2. The number of Topliss-reactive ketones (excluding diaryl/α,β-unsaturated/α-hetero) is 2. The van der Waals surface area contributed by atoms with Crippen LogP contribution in [0.5, 0.6) is 0 Å². The Balaban J connectivity index is 1.89. The SMILES string of the molecule is Cc1ccc(C)c(NC(=O)CCC(=O)C(C)C(=O)c2ccccc2)c1. The van der Waals surface area contributed by atoms with Crippen LogP contribution in [0.4, 0.5) is 5.69 Å². The number of carbonyl (C=O) groups is 3. The molecule has 1 unspecified atom stereocenters. The van der Waals surface area contributed by atoms with Crippen molar-refractivity contribution < 1.29 is 14.4 Å². The molecule has 1 amide bonds. The second kappa shape index (κ2) is 8.38. The van der Waals surface area contributed by atoms with E-state index in [-0.39, 0.29) is 30.3 Å². The summed E-state index contributed by atoms with van der Waals surface area (Å²) in [4.78, 5) is 36.6. The zero-order chi connectivity index (χ0) is 18.4. The minimum atomic E-state index is -0.740. The molecule has 1 atom stereocenters. The summed E-state index contributed by atoms with van der Waals surface area (Å²) in [5.41, 5.74) is 3.30. The maximum Gasteiger partial charge on any atom is 0.224 e. The molecule has 2 rings (SSSR count). The molecule has 0 aliphatic carbocycles. The Kier molecular flexibility index (Phi) is 6.23. The van der Waals surface area contributed by atoms with E-state index in [9.17, 15) is 14.4 Å². The van der Waals surface area contributed by atoms with Crippen molar-refractivity contribution >= 4 is 23.2 Å². The van der Waals surface area contributed by atoms with E-state index < -0.39 is 5.92 Å². The second-order valence-electron chi connectivity index (χ2n) is 6.28. The minimum Gasteiger partial charge on any atom is -0.326 e. The summed E-state index contributed by atoms with van der Waals surface area (Å²) in [7, 11) is 0. The summed E-state index contributed by atoms with van der Waals surface area (Å²) in [6.45, 7) is 5.47. The molecule has 0 spiro atoms. The number of benzene rings is 2. The zero-order valence-corrected chi connectivity index (χ0v) is 14.8. The van der Waals surface area contributed by atoms with Gasteiger partial charge in [0.05, 0.1) is 5.92 Å². The molecule has 25 heavy (non-hydrogen) atoms. The molecule has 0 aromatic heterocycles. The molecule has 2 aromatic carbocycles. The largest absolute Gasteiger partial charge is 0.326 e. The molecule has 0 heterocycles. The number of nitrogens with one attached hydrogen (secondary N) is 1. The number of anilines is 1. The fourth-order valence-corrected chi connectivity index (χ4v) is 2.54. The number of carbonyl (C=O) groups excluding carboxylic acids is 3. The smallest absolute Gasteiger partial charge is 0.224 e. The molecule has 4 heteroatoms. The maximum absolute atomic E-state index is 12.3. The van der Waals surface area contributed by atoms with Crippen LogP contribution >= 0.6 is 0 Å². The molecule has 130 valence electrons.